The largest absolute Gasteiger partial charge is 0.507 e. The number of benzene rings is 5. The highest BCUT2D eigenvalue weighted by atomic mass is 35.5. The number of Topliss-reactive ketones (excluding diaryl/α,β-unsaturated/α-hetero) is 4. The lowest BCUT2D eigenvalue weighted by molar-refractivity contribution is -0.144. The fraction of sp³-hybridized carbons (Fsp3) is 0.333. The number of phenols is 1. The van der Waals surface area contributed by atoms with E-state index in [2.05, 4.69) is 72.3 Å². The average Bonchev–Trinajstić information content (AvgIpc) is 1.60. The van der Waals surface area contributed by atoms with Crippen molar-refractivity contribution in [2.24, 2.45) is 22.7 Å². The number of amides is 6. The van der Waals surface area contributed by atoms with Crippen molar-refractivity contribution in [1.82, 2.24) is 61.9 Å². The molecule has 34 nitrogen and oxygen atoms in total. The molecule has 0 spiro atoms. The van der Waals surface area contributed by atoms with Crippen LogP contribution in [0.25, 0.3) is 43.7 Å². The van der Waals surface area contributed by atoms with Gasteiger partial charge in [-0.3, -0.25) is 72.7 Å². The number of aromatic hydroxyl groups is 1. The van der Waals surface area contributed by atoms with Crippen molar-refractivity contribution in [1.29, 1.82) is 5.41 Å². The molecule has 6 amide bonds. The number of carboxylic acids is 2. The summed E-state index contributed by atoms with van der Waals surface area (Å²) in [6.45, 7) is 3.03. The van der Waals surface area contributed by atoms with Crippen LogP contribution >= 0.6 is 11.6 Å². The third-order valence-electron chi connectivity index (χ3n) is 19.1. The Bertz CT molecular complexity index is 5290. The highest BCUT2D eigenvalue weighted by Gasteiger charge is 2.37. The summed E-state index contributed by atoms with van der Waals surface area (Å²) in [5, 5.41) is 61.0. The number of guanidine groups is 1. The number of hydrogen-bond acceptors (Lipinski definition) is 21. The highest BCUT2D eigenvalue weighted by molar-refractivity contribution is 6.19. The molecule has 0 fully saturated rings. The summed E-state index contributed by atoms with van der Waals surface area (Å²) in [7, 11) is 0. The van der Waals surface area contributed by atoms with Crippen LogP contribution < -0.4 is 59.3 Å². The third kappa shape index (κ3) is 22.3. The Balaban J connectivity index is 0.620. The van der Waals surface area contributed by atoms with E-state index < -0.39 is 108 Å². The molecule has 4 aromatic heterocycles. The number of ketones is 4. The Morgan fingerprint density at radius 3 is 2.09 bits per heavy atom. The fourth-order valence-corrected chi connectivity index (χ4v) is 13.3. The van der Waals surface area contributed by atoms with Crippen molar-refractivity contribution in [3.63, 3.8) is 0 Å². The molecule has 35 heteroatoms. The first-order valence-corrected chi connectivity index (χ1v) is 36.9. The number of aromatic amines is 3. The molecule has 1 aliphatic heterocycles. The van der Waals surface area contributed by atoms with Gasteiger partial charge in [0.15, 0.2) is 34.5 Å². The number of H-pyrrole nitrogens is 3. The lowest BCUT2D eigenvalue weighted by Gasteiger charge is -2.23. The number of nitrogens with zero attached hydrogens (tertiary/aromatic N) is 5. The minimum Gasteiger partial charge on any atom is -0.507 e. The molecule has 1 aliphatic rings. The Hall–Kier alpha value is -13.3. The van der Waals surface area contributed by atoms with Gasteiger partial charge in [0, 0.05) is 145 Å². The van der Waals surface area contributed by atoms with Gasteiger partial charge >= 0.3 is 11.9 Å². The molecule has 10 rings (SSSR count). The van der Waals surface area contributed by atoms with Gasteiger partial charge in [0.1, 0.15) is 17.2 Å². The summed E-state index contributed by atoms with van der Waals surface area (Å²) >= 11 is 6.42. The van der Waals surface area contributed by atoms with Crippen molar-refractivity contribution < 1.29 is 72.9 Å². The van der Waals surface area contributed by atoms with Crippen molar-refractivity contribution in [3.05, 3.63) is 159 Å². The standard InChI is InChI=1S/C78H85ClN18O16/c1-40(95-96-67(105)22-18-52(98)27-42-12-19-55-46(25-42)29-57(90-55)63(101)28-43-13-20-56-47(26-43)30-59(91-56)75(111)97-39-49(35-79)69-54-9-4-3-8-53(54)62(100)34-60(69)97)11-21-65(103)86-36-48(76(112)113)32-64(102)58(33-68(106)107)92-73(109)45(7-5-24-84-77(80)81)31-61(99)41(2)88-66(104)10-6-23-83-72(108)44-14-16-50(17-15-44)85-37-51-38-87-71-70(89-51)74(110)94-78(82)93-71/h3-4,8-9,12-17,19-20,25-26,29-30,34,38,41,45,48-49,58,85,90-91,100H,5-7,10-11,18,21-24,27-28,31-33,35-37,39H2,1-2H3,(H,83,108)(H,86,103)(H,88,104)(H,92,109)(H,96,105)(H,106,107)(H,112,113)(H4,80,81,84)(H3,82,87,93,94,110)/b95-40+/t41-,45+,48-,49?,58-/m0/s1. The normalized spacial score (nSPS) is 13.6. The Morgan fingerprint density at radius 2 is 1.39 bits per heavy atom. The van der Waals surface area contributed by atoms with Crippen LogP contribution in [-0.4, -0.2) is 172 Å². The molecule has 0 saturated carbocycles. The van der Waals surface area contributed by atoms with Crippen LogP contribution in [0.1, 0.15) is 144 Å². The van der Waals surface area contributed by atoms with Gasteiger partial charge in [-0.2, -0.15) is 10.1 Å². The first-order valence-electron chi connectivity index (χ1n) is 36.4. The monoisotopic (exact) mass is 1560 g/mol. The van der Waals surface area contributed by atoms with E-state index >= 15 is 0 Å². The van der Waals surface area contributed by atoms with Crippen LogP contribution in [-0.2, 0) is 62.5 Å². The summed E-state index contributed by atoms with van der Waals surface area (Å²) in [4.78, 5) is 193. The number of hydrazone groups is 1. The second kappa shape index (κ2) is 37.9. The average molecular weight is 1570 g/mol. The van der Waals surface area contributed by atoms with Crippen LogP contribution in [0.4, 0.5) is 17.3 Å². The van der Waals surface area contributed by atoms with Crippen molar-refractivity contribution in [2.45, 2.75) is 122 Å². The molecule has 0 aliphatic carbocycles. The number of nitrogens with two attached hydrogens (primary N) is 2. The number of fused-ring (bicyclic) bond motifs is 6. The number of rotatable bonds is 40. The molecule has 0 radical (unpaired) electrons. The third-order valence-corrected chi connectivity index (χ3v) is 19.5. The second-order valence-corrected chi connectivity index (χ2v) is 27.9. The van der Waals surface area contributed by atoms with Crippen molar-refractivity contribution in [2.75, 3.05) is 48.0 Å². The van der Waals surface area contributed by atoms with E-state index in [-0.39, 0.29) is 142 Å². The van der Waals surface area contributed by atoms with Crippen molar-refractivity contribution >= 4 is 155 Å². The maximum atomic E-state index is 14.1. The van der Waals surface area contributed by atoms with Crippen LogP contribution in [0, 0.1) is 17.2 Å². The maximum Gasteiger partial charge on any atom is 0.308 e. The first kappa shape index (κ1) is 82.2. The van der Waals surface area contributed by atoms with Crippen LogP contribution in [0.3, 0.4) is 0 Å². The molecule has 0 saturated heterocycles. The van der Waals surface area contributed by atoms with Gasteiger partial charge in [0.05, 0.1) is 54.2 Å². The molecule has 590 valence electrons. The fourth-order valence-electron chi connectivity index (χ4n) is 13.1. The van der Waals surface area contributed by atoms with E-state index in [1.54, 1.807) is 65.6 Å². The van der Waals surface area contributed by atoms with Gasteiger partial charge in [-0.15, -0.1) is 11.6 Å². The summed E-state index contributed by atoms with van der Waals surface area (Å²) in [5.41, 5.74) is 19.6. The van der Waals surface area contributed by atoms with E-state index in [0.29, 0.717) is 79.2 Å². The number of aliphatic carboxylic acids is 2. The lowest BCUT2D eigenvalue weighted by atomic mass is 9.92. The molecule has 0 bridgehead atoms. The predicted molar refractivity (Wildman–Crippen MR) is 419 cm³/mol. The molecule has 1 unspecified atom stereocenters. The number of alkyl halides is 1. The van der Waals surface area contributed by atoms with Gasteiger partial charge < -0.3 is 73.6 Å². The van der Waals surface area contributed by atoms with E-state index in [0.717, 1.165) is 16.3 Å². The highest BCUT2D eigenvalue weighted by Crippen LogP contribution is 2.46. The number of nitrogens with one attached hydrogen (secondary N) is 11. The number of hydrogen-bond donors (Lipinski definition) is 16. The molecular formula is C78H85ClN18O16. The van der Waals surface area contributed by atoms with E-state index in [1.807, 2.05) is 42.5 Å². The molecule has 18 N–H and O–H groups in total. The summed E-state index contributed by atoms with van der Waals surface area (Å²) < 4.78 is 0. The van der Waals surface area contributed by atoms with Crippen LogP contribution in [0.2, 0.25) is 0 Å². The molecule has 9 aromatic rings. The van der Waals surface area contributed by atoms with E-state index in [9.17, 15) is 77.6 Å². The molecule has 113 heavy (non-hydrogen) atoms. The topological polar surface area (TPSA) is 544 Å². The number of aromatic nitrogens is 6. The quantitative estimate of drug-likeness (QED) is 0.00555. The number of carbonyl (C=O) groups excluding carboxylic acids is 10. The predicted octanol–water partition coefficient (Wildman–Crippen LogP) is 5.59. The Labute approximate surface area is 649 Å². The van der Waals surface area contributed by atoms with Gasteiger partial charge in [-0.1, -0.05) is 36.4 Å². The van der Waals surface area contributed by atoms with Crippen molar-refractivity contribution in [3.8, 4) is 5.75 Å². The number of phenolic OH excluding ortho intramolecular Hbond substituents is 1. The van der Waals surface area contributed by atoms with Gasteiger partial charge in [0.2, 0.25) is 29.6 Å². The number of anilines is 3. The number of carboxylic acid groups (broad SMARTS) is 2. The summed E-state index contributed by atoms with van der Waals surface area (Å²) in [5.74, 6) is -11.6. The number of nitrogen functional groups attached to an aromatic ring is 1. The minimum atomic E-state index is -1.78. The van der Waals surface area contributed by atoms with E-state index in [1.165, 1.54) is 20.0 Å². The second-order valence-electron chi connectivity index (χ2n) is 27.6. The van der Waals surface area contributed by atoms with Crippen LogP contribution in [0.5, 0.6) is 5.75 Å². The van der Waals surface area contributed by atoms with Crippen LogP contribution in [0.15, 0.2) is 119 Å². The van der Waals surface area contributed by atoms with E-state index in [4.69, 9.17) is 28.5 Å². The Morgan fingerprint density at radius 1 is 0.717 bits per heavy atom. The zero-order valence-electron chi connectivity index (χ0n) is 61.6. The zero-order valence-corrected chi connectivity index (χ0v) is 62.4. The lowest BCUT2D eigenvalue weighted by Crippen LogP contribution is -2.47. The zero-order chi connectivity index (χ0) is 81.2. The van der Waals surface area contributed by atoms with Gasteiger partial charge in [0.25, 0.3) is 17.4 Å². The molecule has 5 atom stereocenters. The van der Waals surface area contributed by atoms with Gasteiger partial charge in [-0.05, 0) is 122 Å². The SMILES string of the molecule is C/C(CCC(=O)NC[C@H](CC(=O)[C@H](CC(=O)O)NC(=O)[C@H](CCCNC(=N)N)CC(=O)[C@H](C)NC(=O)CCCNC(=O)c1ccc(NCc2cnc3nc(N)[nH]c(=O)c3n2)cc1)C(=O)O)=N\NC(=O)CCC(=O)Cc1ccc2[nH]c(C(=O)Cc3ccc4[nH]c(C(=O)N5CC(CCl)c6c5cc(O)c5ccccc65)cc4c3)cc2c1. The number of carbonyl (C=O) groups is 12. The molecular weight excluding hydrogens is 1480 g/mol. The number of halogens is 1. The molecule has 5 aromatic carbocycles. The summed E-state index contributed by atoms with van der Waals surface area (Å²) in [6, 6.07) is 26.8. The first-order chi connectivity index (χ1) is 54.1. The minimum absolute atomic E-state index is 0.00582. The Kier molecular flexibility index (Phi) is 27.6. The summed E-state index contributed by atoms with van der Waals surface area (Å²) in [6.07, 6.45) is -1.25. The smallest absolute Gasteiger partial charge is 0.308 e. The molecule has 5 heterocycles. The van der Waals surface area contributed by atoms with Gasteiger partial charge in [-0.25, -0.2) is 15.4 Å². The maximum absolute atomic E-state index is 14.1.